The van der Waals surface area contributed by atoms with Crippen LogP contribution in [0.2, 0.25) is 39.3 Å². The molecule has 0 aromatic heterocycles. The average molecular weight is 947 g/mol. The van der Waals surface area contributed by atoms with Gasteiger partial charge in [-0.05, 0) is 143 Å². The third kappa shape index (κ3) is 10.1. The minimum atomic E-state index is -2.52. The first-order valence-electron chi connectivity index (χ1n) is 23.9. The standard InChI is InChI=1S/C62H58N2O2Si3/c1-67(2,57-43-31-49(32-44-57)25-23-47-27-39-55(40-28-47)63-59-19-11-7-15-51(59)35-36-52-16-8-12-20-60(52)63)65-69(5,6)66-68(3,4)58-45-33-50(34-46-58)26-24-48-29-41-56(42-30-48)64-61-21-13-9-17-53(61)37-38-54-18-10-14-22-62(54)64/h7-46H,1-6H3. The van der Waals surface area contributed by atoms with Crippen molar-refractivity contribution < 1.29 is 8.23 Å². The number of hydrogen-bond donors (Lipinski definition) is 0. The predicted octanol–water partition coefficient (Wildman–Crippen LogP) is 16.2. The van der Waals surface area contributed by atoms with E-state index in [2.05, 4.69) is 292 Å². The van der Waals surface area contributed by atoms with Gasteiger partial charge >= 0.3 is 8.56 Å². The molecule has 340 valence electrons. The van der Waals surface area contributed by atoms with Crippen molar-refractivity contribution in [2.24, 2.45) is 0 Å². The molecule has 0 aliphatic carbocycles. The topological polar surface area (TPSA) is 24.9 Å². The van der Waals surface area contributed by atoms with Crippen LogP contribution in [-0.4, -0.2) is 25.2 Å². The van der Waals surface area contributed by atoms with Crippen LogP contribution >= 0.6 is 0 Å². The summed E-state index contributed by atoms with van der Waals surface area (Å²) in [6.45, 7) is 13.6. The summed E-state index contributed by atoms with van der Waals surface area (Å²) in [5.74, 6) is 0. The van der Waals surface area contributed by atoms with Crippen molar-refractivity contribution in [1.82, 2.24) is 0 Å². The first kappa shape index (κ1) is 45.7. The molecule has 2 heterocycles. The number of para-hydroxylation sites is 4. The van der Waals surface area contributed by atoms with Crippen molar-refractivity contribution in [3.8, 4) is 0 Å². The van der Waals surface area contributed by atoms with E-state index < -0.39 is 25.2 Å². The molecule has 10 rings (SSSR count). The van der Waals surface area contributed by atoms with E-state index in [0.717, 1.165) is 33.6 Å². The van der Waals surface area contributed by atoms with Crippen LogP contribution in [0, 0.1) is 0 Å². The van der Waals surface area contributed by atoms with Crippen LogP contribution in [0.15, 0.2) is 194 Å². The summed E-state index contributed by atoms with van der Waals surface area (Å²) in [4.78, 5) is 4.71. The summed E-state index contributed by atoms with van der Waals surface area (Å²) < 4.78 is 14.2. The first-order chi connectivity index (χ1) is 33.4. The third-order valence-electron chi connectivity index (χ3n) is 13.0. The van der Waals surface area contributed by atoms with Gasteiger partial charge in [0, 0.05) is 11.4 Å². The lowest BCUT2D eigenvalue weighted by Gasteiger charge is -2.39. The number of nitrogens with zero attached hydrogens (tertiary/aromatic N) is 2. The van der Waals surface area contributed by atoms with E-state index in [9.17, 15) is 0 Å². The minimum Gasteiger partial charge on any atom is -0.433 e. The molecular formula is C62H58N2O2Si3. The molecule has 2 aliphatic rings. The average Bonchev–Trinajstić information content (AvgIpc) is 3.63. The van der Waals surface area contributed by atoms with Crippen molar-refractivity contribution in [2.75, 3.05) is 9.80 Å². The molecule has 0 unspecified atom stereocenters. The van der Waals surface area contributed by atoms with Gasteiger partial charge in [-0.15, -0.1) is 0 Å². The second-order valence-corrected chi connectivity index (χ2v) is 30.9. The van der Waals surface area contributed by atoms with E-state index in [1.54, 1.807) is 0 Å². The van der Waals surface area contributed by atoms with E-state index in [4.69, 9.17) is 8.23 Å². The lowest BCUT2D eigenvalue weighted by atomic mass is 10.1. The Kier molecular flexibility index (Phi) is 12.6. The monoisotopic (exact) mass is 946 g/mol. The molecule has 0 amide bonds. The van der Waals surface area contributed by atoms with Crippen molar-refractivity contribution in [3.05, 3.63) is 239 Å². The Morgan fingerprint density at radius 1 is 0.304 bits per heavy atom. The molecule has 69 heavy (non-hydrogen) atoms. The van der Waals surface area contributed by atoms with Crippen LogP contribution in [0.5, 0.6) is 0 Å². The van der Waals surface area contributed by atoms with Crippen LogP contribution in [0.3, 0.4) is 0 Å². The molecule has 0 N–H and O–H groups in total. The van der Waals surface area contributed by atoms with Crippen LogP contribution < -0.4 is 20.2 Å². The number of fused-ring (bicyclic) bond motifs is 4. The minimum absolute atomic E-state index is 1.13. The lowest BCUT2D eigenvalue weighted by Crippen LogP contribution is -2.59. The zero-order valence-electron chi connectivity index (χ0n) is 40.3. The van der Waals surface area contributed by atoms with Crippen molar-refractivity contribution >= 4 is 118 Å². The second kappa shape index (κ2) is 19.1. The highest BCUT2D eigenvalue weighted by molar-refractivity contribution is 6.95. The fourth-order valence-electron chi connectivity index (χ4n) is 9.72. The molecule has 7 heteroatoms. The molecule has 8 aromatic rings. The Balaban J connectivity index is 0.757. The number of hydrogen-bond acceptors (Lipinski definition) is 4. The van der Waals surface area contributed by atoms with Crippen LogP contribution in [-0.2, 0) is 8.23 Å². The van der Waals surface area contributed by atoms with Crippen molar-refractivity contribution in [1.29, 1.82) is 0 Å². The van der Waals surface area contributed by atoms with E-state index >= 15 is 0 Å². The van der Waals surface area contributed by atoms with Crippen molar-refractivity contribution in [3.63, 3.8) is 0 Å². The van der Waals surface area contributed by atoms with Gasteiger partial charge in [0.25, 0.3) is 0 Å². The van der Waals surface area contributed by atoms with Gasteiger partial charge in [0.15, 0.2) is 0 Å². The molecule has 0 atom stereocenters. The summed E-state index contributed by atoms with van der Waals surface area (Å²) in [6.07, 6.45) is 17.6. The molecule has 0 saturated carbocycles. The molecule has 0 fully saturated rings. The highest BCUT2D eigenvalue weighted by atomic mass is 28.5. The number of benzene rings is 8. The van der Waals surface area contributed by atoms with Gasteiger partial charge in [-0.2, -0.15) is 0 Å². The number of rotatable bonds is 12. The first-order valence-corrected chi connectivity index (χ1v) is 32.5. The Morgan fingerprint density at radius 3 is 0.826 bits per heavy atom. The summed E-state index contributed by atoms with van der Waals surface area (Å²) in [6, 6.07) is 69.8. The Bertz CT molecular complexity index is 2920. The van der Waals surface area contributed by atoms with Crippen LogP contribution in [0.25, 0.3) is 48.6 Å². The maximum atomic E-state index is 7.10. The van der Waals surface area contributed by atoms with E-state index in [1.165, 1.54) is 55.4 Å². The fourth-order valence-corrected chi connectivity index (χ4v) is 23.0. The largest absolute Gasteiger partial charge is 0.433 e. The molecular weight excluding hydrogens is 889 g/mol. The van der Waals surface area contributed by atoms with Gasteiger partial charge in [0.2, 0.25) is 16.6 Å². The maximum Gasteiger partial charge on any atom is 0.311 e. The fraction of sp³-hybridized carbons (Fsp3) is 0.0968. The van der Waals surface area contributed by atoms with Gasteiger partial charge in [0.05, 0.1) is 22.7 Å². The van der Waals surface area contributed by atoms with E-state index in [1.807, 2.05) is 0 Å². The van der Waals surface area contributed by atoms with Crippen LogP contribution in [0.1, 0.15) is 44.5 Å². The zero-order valence-corrected chi connectivity index (χ0v) is 43.3. The van der Waals surface area contributed by atoms with Crippen molar-refractivity contribution in [2.45, 2.75) is 39.3 Å². The van der Waals surface area contributed by atoms with E-state index in [0.29, 0.717) is 0 Å². The Labute approximate surface area is 412 Å². The summed E-state index contributed by atoms with van der Waals surface area (Å²) in [5.41, 5.74) is 16.4. The zero-order chi connectivity index (χ0) is 47.6. The summed E-state index contributed by atoms with van der Waals surface area (Å²) in [7, 11) is -7.10. The molecule has 0 spiro atoms. The molecule has 4 nitrogen and oxygen atoms in total. The quantitative estimate of drug-likeness (QED) is 0.0900. The molecule has 0 radical (unpaired) electrons. The van der Waals surface area contributed by atoms with Gasteiger partial charge in [0.1, 0.15) is 0 Å². The normalized spacial score (nSPS) is 13.5. The molecule has 0 saturated heterocycles. The number of anilines is 6. The highest BCUT2D eigenvalue weighted by Crippen LogP contribution is 2.43. The predicted molar refractivity (Wildman–Crippen MR) is 305 cm³/mol. The van der Waals surface area contributed by atoms with Crippen LogP contribution in [0.4, 0.5) is 34.1 Å². The molecule has 0 bridgehead atoms. The SMILES string of the molecule is C[Si](C)(O[Si](C)(C)c1ccc(C=Cc2ccc(N3c4ccccc4C=Cc4ccccc43)cc2)cc1)O[Si](C)(C)c1ccc(C=Cc2ccc(N3c4ccccc4C=Cc4ccccc43)cc2)cc1. The second-order valence-electron chi connectivity index (χ2n) is 19.3. The highest BCUT2D eigenvalue weighted by Gasteiger charge is 2.41. The van der Waals surface area contributed by atoms with Gasteiger partial charge in [-0.25, -0.2) is 0 Å². The maximum absolute atomic E-state index is 7.10. The third-order valence-corrected chi connectivity index (χ3v) is 24.5. The summed E-state index contributed by atoms with van der Waals surface area (Å²) >= 11 is 0. The smallest absolute Gasteiger partial charge is 0.311 e. The Morgan fingerprint density at radius 2 is 0.551 bits per heavy atom. The Hall–Kier alpha value is -7.11. The molecule has 2 aliphatic heterocycles. The lowest BCUT2D eigenvalue weighted by molar-refractivity contribution is 0.401. The summed E-state index contributed by atoms with van der Waals surface area (Å²) in [5, 5.41) is 2.53. The van der Waals surface area contributed by atoms with Gasteiger partial charge in [-0.3, -0.25) is 0 Å². The van der Waals surface area contributed by atoms with Gasteiger partial charge in [-0.1, -0.05) is 194 Å². The van der Waals surface area contributed by atoms with E-state index in [-0.39, 0.29) is 0 Å². The molecule has 8 aromatic carbocycles. The van der Waals surface area contributed by atoms with Gasteiger partial charge < -0.3 is 18.0 Å².